The van der Waals surface area contributed by atoms with Crippen molar-refractivity contribution in [3.8, 4) is 5.95 Å². The van der Waals surface area contributed by atoms with Crippen molar-refractivity contribution in [2.45, 2.75) is 40.3 Å². The Kier molecular flexibility index (Phi) is 5.26. The van der Waals surface area contributed by atoms with Crippen molar-refractivity contribution < 1.29 is 4.79 Å². The molecule has 3 aromatic rings. The van der Waals surface area contributed by atoms with Crippen molar-refractivity contribution in [2.75, 3.05) is 11.9 Å². The first-order valence-electron chi connectivity index (χ1n) is 9.74. The van der Waals surface area contributed by atoms with Gasteiger partial charge in [0, 0.05) is 36.2 Å². The fourth-order valence-corrected chi connectivity index (χ4v) is 3.65. The number of anilines is 1. The fraction of sp³-hybridized carbons (Fsp3) is 0.333. The van der Waals surface area contributed by atoms with Crippen LogP contribution in [-0.2, 0) is 19.5 Å². The molecule has 0 radical (unpaired) electrons. The maximum Gasteiger partial charge on any atom is 0.320 e. The Morgan fingerprint density at radius 2 is 1.97 bits per heavy atom. The number of rotatable bonds is 4. The summed E-state index contributed by atoms with van der Waals surface area (Å²) in [7, 11) is 0. The van der Waals surface area contributed by atoms with E-state index in [4.69, 9.17) is 0 Å². The van der Waals surface area contributed by atoms with Crippen LogP contribution in [0.2, 0.25) is 0 Å². The average molecular weight is 391 g/mol. The molecule has 150 valence electrons. The minimum absolute atomic E-state index is 0.289. The molecule has 8 nitrogen and oxygen atoms in total. The number of hydrogen-bond acceptors (Lipinski definition) is 5. The molecule has 1 aromatic carbocycles. The van der Waals surface area contributed by atoms with E-state index in [0.717, 1.165) is 42.2 Å². The second kappa shape index (κ2) is 8.00. The van der Waals surface area contributed by atoms with E-state index in [0.29, 0.717) is 18.3 Å². The van der Waals surface area contributed by atoms with Gasteiger partial charge >= 0.3 is 6.03 Å². The van der Waals surface area contributed by atoms with Gasteiger partial charge in [-0.05, 0) is 56.5 Å². The average Bonchev–Trinajstić information content (AvgIpc) is 3.05. The molecule has 0 fully saturated rings. The van der Waals surface area contributed by atoms with E-state index in [-0.39, 0.29) is 6.03 Å². The molecule has 0 aliphatic carbocycles. The smallest absolute Gasteiger partial charge is 0.320 e. The fourth-order valence-electron chi connectivity index (χ4n) is 3.65. The highest BCUT2D eigenvalue weighted by atomic mass is 16.2. The van der Waals surface area contributed by atoms with Gasteiger partial charge in [-0.1, -0.05) is 18.2 Å². The lowest BCUT2D eigenvalue weighted by Crippen LogP contribution is -2.30. The zero-order valence-electron chi connectivity index (χ0n) is 16.9. The van der Waals surface area contributed by atoms with Crippen LogP contribution >= 0.6 is 0 Å². The summed E-state index contributed by atoms with van der Waals surface area (Å²) in [6, 6.07) is 9.66. The van der Waals surface area contributed by atoms with Gasteiger partial charge in [0.1, 0.15) is 0 Å². The van der Waals surface area contributed by atoms with Crippen LogP contribution < -0.4 is 16.0 Å². The molecule has 1 aliphatic heterocycles. The molecule has 0 spiro atoms. The Balaban J connectivity index is 1.43. The van der Waals surface area contributed by atoms with Crippen LogP contribution in [0.3, 0.4) is 0 Å². The molecule has 1 aliphatic rings. The van der Waals surface area contributed by atoms with Gasteiger partial charge in [0.2, 0.25) is 0 Å². The third-order valence-corrected chi connectivity index (χ3v) is 4.97. The molecule has 3 heterocycles. The summed E-state index contributed by atoms with van der Waals surface area (Å²) in [5.74, 6) is 0.958. The molecule has 29 heavy (non-hydrogen) atoms. The Labute approximate surface area is 169 Å². The number of amides is 2. The predicted molar refractivity (Wildman–Crippen MR) is 111 cm³/mol. The summed E-state index contributed by atoms with van der Waals surface area (Å²) in [5.41, 5.74) is 6.38. The van der Waals surface area contributed by atoms with Crippen LogP contribution in [0.4, 0.5) is 10.6 Å². The summed E-state index contributed by atoms with van der Waals surface area (Å²) in [6.07, 6.45) is 0.980. The van der Waals surface area contributed by atoms with E-state index in [9.17, 15) is 4.79 Å². The number of fused-ring (bicyclic) bond motifs is 1. The zero-order valence-corrected chi connectivity index (χ0v) is 16.9. The quantitative estimate of drug-likeness (QED) is 0.635. The molecule has 0 bridgehead atoms. The summed E-state index contributed by atoms with van der Waals surface area (Å²) in [5, 5.41) is 13.5. The van der Waals surface area contributed by atoms with Gasteiger partial charge in [0.25, 0.3) is 5.95 Å². The van der Waals surface area contributed by atoms with Gasteiger partial charge in [-0.25, -0.2) is 19.4 Å². The molecule has 0 saturated carbocycles. The Hall–Kier alpha value is -3.26. The van der Waals surface area contributed by atoms with Crippen LogP contribution in [-0.4, -0.2) is 32.3 Å². The molecule has 2 aromatic heterocycles. The minimum Gasteiger partial charge on any atom is -0.334 e. The molecular weight excluding hydrogens is 366 g/mol. The molecule has 0 atom stereocenters. The highest BCUT2D eigenvalue weighted by Gasteiger charge is 2.14. The number of benzene rings is 1. The van der Waals surface area contributed by atoms with Crippen molar-refractivity contribution in [1.82, 2.24) is 30.4 Å². The normalized spacial score (nSPS) is 13.1. The van der Waals surface area contributed by atoms with Gasteiger partial charge in [-0.3, -0.25) is 5.32 Å². The van der Waals surface area contributed by atoms with Crippen molar-refractivity contribution in [3.05, 3.63) is 64.1 Å². The topological polar surface area (TPSA) is 96.8 Å². The van der Waals surface area contributed by atoms with Gasteiger partial charge in [-0.2, -0.15) is 0 Å². The second-order valence-corrected chi connectivity index (χ2v) is 7.32. The Bertz CT molecular complexity index is 1040. The van der Waals surface area contributed by atoms with E-state index in [2.05, 4.69) is 43.1 Å². The minimum atomic E-state index is -0.289. The van der Waals surface area contributed by atoms with Gasteiger partial charge in [0.05, 0.1) is 0 Å². The van der Waals surface area contributed by atoms with Crippen LogP contribution in [0.15, 0.2) is 30.3 Å². The molecule has 4 rings (SSSR count). The Morgan fingerprint density at radius 1 is 1.17 bits per heavy atom. The largest absolute Gasteiger partial charge is 0.334 e. The van der Waals surface area contributed by atoms with E-state index in [1.807, 2.05) is 32.9 Å². The van der Waals surface area contributed by atoms with Crippen molar-refractivity contribution >= 4 is 11.8 Å². The highest BCUT2D eigenvalue weighted by molar-refractivity contribution is 5.88. The van der Waals surface area contributed by atoms with Crippen LogP contribution in [0.25, 0.3) is 5.95 Å². The predicted octanol–water partition coefficient (Wildman–Crippen LogP) is 2.55. The van der Waals surface area contributed by atoms with Crippen molar-refractivity contribution in [3.63, 3.8) is 0 Å². The summed E-state index contributed by atoms with van der Waals surface area (Å²) >= 11 is 0. The van der Waals surface area contributed by atoms with Crippen molar-refractivity contribution in [1.29, 1.82) is 0 Å². The number of aryl methyl sites for hydroxylation is 3. The zero-order chi connectivity index (χ0) is 20.4. The van der Waals surface area contributed by atoms with Crippen molar-refractivity contribution in [2.24, 2.45) is 0 Å². The SMILES string of the molecule is Cc1cc(C)nc(-n2nc(NC(=O)NCc3cccc4c3CCNC4)cc2C)n1. The second-order valence-electron chi connectivity index (χ2n) is 7.32. The monoisotopic (exact) mass is 391 g/mol. The van der Waals surface area contributed by atoms with Crippen LogP contribution in [0, 0.1) is 20.8 Å². The number of hydrogen-bond donors (Lipinski definition) is 3. The Morgan fingerprint density at radius 3 is 2.76 bits per heavy atom. The number of nitrogens with zero attached hydrogens (tertiary/aromatic N) is 4. The highest BCUT2D eigenvalue weighted by Crippen LogP contribution is 2.19. The van der Waals surface area contributed by atoms with E-state index in [1.54, 1.807) is 10.7 Å². The first-order chi connectivity index (χ1) is 14.0. The first kappa shape index (κ1) is 19.1. The van der Waals surface area contributed by atoms with E-state index >= 15 is 0 Å². The van der Waals surface area contributed by atoms with E-state index < -0.39 is 0 Å². The summed E-state index contributed by atoms with van der Waals surface area (Å²) in [6.45, 7) is 8.07. The molecule has 0 saturated heterocycles. The number of urea groups is 1. The lowest BCUT2D eigenvalue weighted by Gasteiger charge is -2.20. The molecule has 8 heteroatoms. The number of nitrogens with one attached hydrogen (secondary N) is 3. The van der Waals surface area contributed by atoms with Crippen LogP contribution in [0.5, 0.6) is 0 Å². The maximum atomic E-state index is 12.4. The maximum absolute atomic E-state index is 12.4. The summed E-state index contributed by atoms with van der Waals surface area (Å²) < 4.78 is 1.64. The van der Waals surface area contributed by atoms with Crippen LogP contribution in [0.1, 0.15) is 33.8 Å². The molecule has 2 amide bonds. The number of aromatic nitrogens is 4. The third kappa shape index (κ3) is 4.27. The molecule has 3 N–H and O–H groups in total. The van der Waals surface area contributed by atoms with Gasteiger partial charge in [0.15, 0.2) is 5.82 Å². The summed E-state index contributed by atoms with van der Waals surface area (Å²) in [4.78, 5) is 21.3. The van der Waals surface area contributed by atoms with E-state index in [1.165, 1.54) is 11.1 Å². The standard InChI is InChI=1S/C21H25N7O/c1-13-9-14(2)25-20(24-13)28-15(3)10-19(27-28)26-21(29)23-12-17-6-4-5-16-11-22-8-7-18(16)17/h4-6,9-10,22H,7-8,11-12H2,1-3H3,(H2,23,26,27,29). The lowest BCUT2D eigenvalue weighted by molar-refractivity contribution is 0.251. The van der Waals surface area contributed by atoms with Gasteiger partial charge < -0.3 is 10.6 Å². The number of carbonyl (C=O) groups is 1. The molecule has 0 unspecified atom stereocenters. The third-order valence-electron chi connectivity index (χ3n) is 4.97. The van der Waals surface area contributed by atoms with Gasteiger partial charge in [-0.15, -0.1) is 5.10 Å². The number of carbonyl (C=O) groups excluding carboxylic acids is 1. The molecular formula is C21H25N7O. The lowest BCUT2D eigenvalue weighted by atomic mass is 9.95. The first-order valence-corrected chi connectivity index (χ1v) is 9.74.